The number of hydrogen-bond donors (Lipinski definition) is 0. The van der Waals surface area contributed by atoms with Gasteiger partial charge in [-0.2, -0.15) is 5.10 Å². The molecule has 0 fully saturated rings. The lowest BCUT2D eigenvalue weighted by Gasteiger charge is -1.70. The SMILES string of the molecule is c1cc2occn2n1. The zero-order valence-electron chi connectivity index (χ0n) is 4.11. The van der Waals surface area contributed by atoms with Crippen molar-refractivity contribution in [3.05, 3.63) is 24.7 Å². The molecule has 0 saturated carbocycles. The smallest absolute Gasteiger partial charge is 0.221 e. The van der Waals surface area contributed by atoms with Gasteiger partial charge in [0, 0.05) is 6.07 Å². The second-order valence-electron chi connectivity index (χ2n) is 1.52. The second-order valence-corrected chi connectivity index (χ2v) is 1.52. The first-order chi connectivity index (χ1) is 3.97. The maximum absolute atomic E-state index is 4.96. The van der Waals surface area contributed by atoms with Gasteiger partial charge < -0.3 is 4.42 Å². The van der Waals surface area contributed by atoms with Gasteiger partial charge in [-0.05, 0) is 0 Å². The number of oxazole rings is 1. The highest BCUT2D eigenvalue weighted by atomic mass is 16.3. The molecule has 0 aromatic carbocycles. The van der Waals surface area contributed by atoms with Crippen molar-refractivity contribution in [2.24, 2.45) is 0 Å². The van der Waals surface area contributed by atoms with E-state index in [-0.39, 0.29) is 0 Å². The van der Waals surface area contributed by atoms with E-state index in [1.165, 1.54) is 0 Å². The molecule has 3 nitrogen and oxygen atoms in total. The fourth-order valence-corrected chi connectivity index (χ4v) is 0.665. The molecule has 40 valence electrons. The quantitative estimate of drug-likeness (QED) is 0.502. The molecular weight excluding hydrogens is 104 g/mol. The van der Waals surface area contributed by atoms with E-state index in [0.717, 1.165) is 5.71 Å². The molecule has 0 aliphatic carbocycles. The van der Waals surface area contributed by atoms with E-state index in [4.69, 9.17) is 4.42 Å². The molecule has 0 unspecified atom stereocenters. The maximum Gasteiger partial charge on any atom is 0.221 e. The van der Waals surface area contributed by atoms with Crippen LogP contribution in [0.4, 0.5) is 0 Å². The van der Waals surface area contributed by atoms with Gasteiger partial charge in [-0.25, -0.2) is 4.52 Å². The summed E-state index contributed by atoms with van der Waals surface area (Å²) in [5.74, 6) is 0. The summed E-state index contributed by atoms with van der Waals surface area (Å²) in [5.41, 5.74) is 0.782. The first-order valence-corrected chi connectivity index (χ1v) is 2.34. The van der Waals surface area contributed by atoms with Gasteiger partial charge in [0.05, 0.1) is 12.4 Å². The van der Waals surface area contributed by atoms with E-state index in [9.17, 15) is 0 Å². The van der Waals surface area contributed by atoms with Crippen LogP contribution in [-0.2, 0) is 0 Å². The predicted octanol–water partition coefficient (Wildman–Crippen LogP) is 0.927. The molecule has 0 N–H and O–H groups in total. The van der Waals surface area contributed by atoms with Crippen molar-refractivity contribution in [2.45, 2.75) is 0 Å². The van der Waals surface area contributed by atoms with Gasteiger partial charge in [-0.1, -0.05) is 0 Å². The average Bonchev–Trinajstić information content (AvgIpc) is 2.15. The summed E-state index contributed by atoms with van der Waals surface area (Å²) in [6.45, 7) is 0. The van der Waals surface area contributed by atoms with Crippen LogP contribution in [0.15, 0.2) is 29.1 Å². The first kappa shape index (κ1) is 3.72. The van der Waals surface area contributed by atoms with Crippen molar-refractivity contribution in [3.8, 4) is 0 Å². The largest absolute Gasteiger partial charge is 0.445 e. The predicted molar refractivity (Wildman–Crippen MR) is 27.5 cm³/mol. The Labute approximate surface area is 45.5 Å². The van der Waals surface area contributed by atoms with E-state index < -0.39 is 0 Å². The highest BCUT2D eigenvalue weighted by molar-refractivity contribution is 5.29. The van der Waals surface area contributed by atoms with Crippen LogP contribution >= 0.6 is 0 Å². The normalized spacial score (nSPS) is 10.5. The number of fused-ring (bicyclic) bond motifs is 1. The third kappa shape index (κ3) is 0.307. The molecular formula is C5H4N2O. The molecule has 0 atom stereocenters. The number of hydrogen-bond acceptors (Lipinski definition) is 2. The Balaban J connectivity index is 3.06. The summed E-state index contributed by atoms with van der Waals surface area (Å²) in [6, 6.07) is 1.81. The Morgan fingerprint density at radius 2 is 2.62 bits per heavy atom. The lowest BCUT2D eigenvalue weighted by Crippen LogP contribution is -1.74. The van der Waals surface area contributed by atoms with E-state index >= 15 is 0 Å². The zero-order chi connectivity index (χ0) is 5.40. The lowest BCUT2D eigenvalue weighted by molar-refractivity contribution is 0.606. The molecule has 2 rings (SSSR count). The second kappa shape index (κ2) is 1.12. The monoisotopic (exact) mass is 108 g/mol. The van der Waals surface area contributed by atoms with Crippen LogP contribution in [0.3, 0.4) is 0 Å². The third-order valence-electron chi connectivity index (χ3n) is 1.02. The minimum atomic E-state index is 0.782. The molecule has 2 aromatic heterocycles. The first-order valence-electron chi connectivity index (χ1n) is 2.34. The van der Waals surface area contributed by atoms with Gasteiger partial charge in [0.2, 0.25) is 5.71 Å². The Morgan fingerprint density at radius 1 is 1.62 bits per heavy atom. The van der Waals surface area contributed by atoms with Gasteiger partial charge >= 0.3 is 0 Å². The number of rotatable bonds is 0. The van der Waals surface area contributed by atoms with E-state index in [1.54, 1.807) is 29.2 Å². The zero-order valence-corrected chi connectivity index (χ0v) is 4.11. The molecule has 0 spiro atoms. The fourth-order valence-electron chi connectivity index (χ4n) is 0.665. The minimum absolute atomic E-state index is 0.782. The molecule has 0 radical (unpaired) electrons. The Hall–Kier alpha value is -1.25. The number of aromatic nitrogens is 2. The van der Waals surface area contributed by atoms with Gasteiger partial charge in [-0.3, -0.25) is 0 Å². The van der Waals surface area contributed by atoms with Crippen molar-refractivity contribution in [3.63, 3.8) is 0 Å². The van der Waals surface area contributed by atoms with Crippen LogP contribution in [0.25, 0.3) is 5.71 Å². The standard InChI is InChI=1S/C5H4N2O/c1-2-6-7-3-4-8-5(1)7/h1-4H. The van der Waals surface area contributed by atoms with Crippen molar-refractivity contribution < 1.29 is 4.42 Å². The molecule has 2 aromatic rings. The van der Waals surface area contributed by atoms with Crippen LogP contribution < -0.4 is 0 Å². The van der Waals surface area contributed by atoms with E-state index in [1.807, 2.05) is 0 Å². The summed E-state index contributed by atoms with van der Waals surface area (Å²) < 4.78 is 6.62. The Bertz CT molecular complexity index is 232. The molecule has 0 aliphatic heterocycles. The number of nitrogens with zero attached hydrogens (tertiary/aromatic N) is 2. The minimum Gasteiger partial charge on any atom is -0.445 e. The van der Waals surface area contributed by atoms with Crippen LogP contribution in [0.2, 0.25) is 0 Å². The molecule has 0 bridgehead atoms. The van der Waals surface area contributed by atoms with Crippen LogP contribution in [-0.4, -0.2) is 9.61 Å². The van der Waals surface area contributed by atoms with Crippen molar-refractivity contribution >= 4 is 5.71 Å². The topological polar surface area (TPSA) is 30.4 Å². The molecule has 8 heavy (non-hydrogen) atoms. The summed E-state index contributed by atoms with van der Waals surface area (Å²) >= 11 is 0. The lowest BCUT2D eigenvalue weighted by atomic mass is 10.7. The molecule has 3 heteroatoms. The molecule has 2 heterocycles. The fraction of sp³-hybridized carbons (Fsp3) is 0. The Kier molecular flexibility index (Phi) is 0.521. The van der Waals surface area contributed by atoms with E-state index in [2.05, 4.69) is 5.10 Å². The van der Waals surface area contributed by atoms with Gasteiger partial charge in [0.1, 0.15) is 6.26 Å². The average molecular weight is 108 g/mol. The summed E-state index contributed by atoms with van der Waals surface area (Å²) in [4.78, 5) is 0. The highest BCUT2D eigenvalue weighted by Gasteiger charge is 1.90. The summed E-state index contributed by atoms with van der Waals surface area (Å²) in [7, 11) is 0. The molecule has 0 amide bonds. The molecule has 0 aliphatic rings. The Morgan fingerprint density at radius 3 is 3.50 bits per heavy atom. The van der Waals surface area contributed by atoms with Crippen molar-refractivity contribution in [1.82, 2.24) is 9.61 Å². The van der Waals surface area contributed by atoms with E-state index in [0.29, 0.717) is 0 Å². The van der Waals surface area contributed by atoms with Crippen molar-refractivity contribution in [1.29, 1.82) is 0 Å². The van der Waals surface area contributed by atoms with Gasteiger partial charge in [0.25, 0.3) is 0 Å². The van der Waals surface area contributed by atoms with Crippen LogP contribution in [0.1, 0.15) is 0 Å². The summed E-state index contributed by atoms with van der Waals surface area (Å²) in [6.07, 6.45) is 5.05. The maximum atomic E-state index is 4.96. The van der Waals surface area contributed by atoms with Crippen LogP contribution in [0, 0.1) is 0 Å². The third-order valence-corrected chi connectivity index (χ3v) is 1.02. The molecule has 0 saturated heterocycles. The summed E-state index contributed by atoms with van der Waals surface area (Å²) in [5, 5.41) is 3.90. The van der Waals surface area contributed by atoms with Crippen molar-refractivity contribution in [2.75, 3.05) is 0 Å². The van der Waals surface area contributed by atoms with Gasteiger partial charge in [0.15, 0.2) is 0 Å². The van der Waals surface area contributed by atoms with Crippen LogP contribution in [0.5, 0.6) is 0 Å². The highest BCUT2D eigenvalue weighted by Crippen LogP contribution is 1.99. The van der Waals surface area contributed by atoms with Gasteiger partial charge in [-0.15, -0.1) is 0 Å².